The third-order valence-corrected chi connectivity index (χ3v) is 5.86. The number of likely N-dealkylation sites (tertiary alicyclic amines) is 1. The van der Waals surface area contributed by atoms with Crippen molar-refractivity contribution >= 4 is 23.4 Å². The summed E-state index contributed by atoms with van der Waals surface area (Å²) in [6.45, 7) is 2.60. The quantitative estimate of drug-likeness (QED) is 0.638. The van der Waals surface area contributed by atoms with Gasteiger partial charge in [-0.15, -0.1) is 0 Å². The van der Waals surface area contributed by atoms with E-state index in [1.165, 1.54) is 53.2 Å². The van der Waals surface area contributed by atoms with E-state index in [9.17, 15) is 18.4 Å². The van der Waals surface area contributed by atoms with E-state index in [4.69, 9.17) is 11.6 Å². The number of amides is 2. The second-order valence-corrected chi connectivity index (χ2v) is 8.04. The molecule has 2 heterocycles. The van der Waals surface area contributed by atoms with Gasteiger partial charge in [-0.1, -0.05) is 11.6 Å². The molecule has 9 heteroatoms. The number of halogens is 3. The number of benzene rings is 2. The monoisotopic (exact) mass is 458 g/mol. The van der Waals surface area contributed by atoms with Crippen molar-refractivity contribution in [3.63, 3.8) is 0 Å². The first-order chi connectivity index (χ1) is 15.3. The fourth-order valence-corrected chi connectivity index (χ4v) is 4.10. The van der Waals surface area contributed by atoms with Crippen molar-refractivity contribution in [1.29, 1.82) is 0 Å². The highest BCUT2D eigenvalue weighted by atomic mass is 35.5. The lowest BCUT2D eigenvalue weighted by Crippen LogP contribution is -2.46. The number of nitrogens with one attached hydrogen (secondary N) is 1. The molecule has 1 aliphatic heterocycles. The van der Waals surface area contributed by atoms with Crippen LogP contribution < -0.4 is 5.32 Å². The minimum absolute atomic E-state index is 0.0879. The molecule has 0 saturated carbocycles. The van der Waals surface area contributed by atoms with E-state index < -0.39 is 5.82 Å². The lowest BCUT2D eigenvalue weighted by atomic mass is 10.0. The highest BCUT2D eigenvalue weighted by Crippen LogP contribution is 2.26. The number of carbonyl (C=O) groups excluding carboxylic acids is 2. The first-order valence-corrected chi connectivity index (χ1v) is 10.6. The van der Waals surface area contributed by atoms with Gasteiger partial charge in [0.05, 0.1) is 16.9 Å². The van der Waals surface area contributed by atoms with Crippen LogP contribution in [0.4, 0.5) is 8.78 Å². The van der Waals surface area contributed by atoms with Gasteiger partial charge in [0.25, 0.3) is 11.8 Å². The molecule has 3 aromatic rings. The van der Waals surface area contributed by atoms with E-state index in [0.29, 0.717) is 48.4 Å². The van der Waals surface area contributed by atoms with Crippen molar-refractivity contribution in [2.24, 2.45) is 0 Å². The van der Waals surface area contributed by atoms with Gasteiger partial charge in [0.15, 0.2) is 0 Å². The highest BCUT2D eigenvalue weighted by molar-refractivity contribution is 6.33. The Bertz CT molecular complexity index is 1140. The topological polar surface area (TPSA) is 67.2 Å². The molecular formula is C23H21ClF2N4O2. The van der Waals surface area contributed by atoms with E-state index in [-0.39, 0.29) is 28.8 Å². The van der Waals surface area contributed by atoms with Crippen LogP contribution in [0.5, 0.6) is 0 Å². The van der Waals surface area contributed by atoms with Crippen molar-refractivity contribution in [3.8, 4) is 5.69 Å². The number of piperidine rings is 1. The molecule has 166 valence electrons. The SMILES string of the molecule is Cc1nn(-c2ccc(F)cc2)c(Cl)c1C(=O)N1CCC(NC(=O)c2ccc(F)cc2)CC1. The van der Waals surface area contributed by atoms with Crippen molar-refractivity contribution in [2.45, 2.75) is 25.8 Å². The zero-order chi connectivity index (χ0) is 22.8. The molecule has 2 amide bonds. The summed E-state index contributed by atoms with van der Waals surface area (Å²) < 4.78 is 27.7. The van der Waals surface area contributed by atoms with Gasteiger partial charge in [-0.05, 0) is 68.3 Å². The van der Waals surface area contributed by atoms with Crippen molar-refractivity contribution in [3.05, 3.63) is 82.1 Å². The van der Waals surface area contributed by atoms with Gasteiger partial charge in [-0.2, -0.15) is 5.10 Å². The Hall–Kier alpha value is -3.26. The van der Waals surface area contributed by atoms with Crippen LogP contribution in [-0.2, 0) is 0 Å². The molecule has 1 aliphatic rings. The minimum Gasteiger partial charge on any atom is -0.349 e. The second kappa shape index (κ2) is 9.08. The number of aryl methyl sites for hydroxylation is 1. The normalized spacial score (nSPS) is 14.4. The molecule has 0 radical (unpaired) electrons. The Morgan fingerprint density at radius 3 is 2.16 bits per heavy atom. The molecule has 1 fully saturated rings. The molecule has 0 atom stereocenters. The maximum absolute atomic E-state index is 13.2. The van der Waals surface area contributed by atoms with E-state index in [1.54, 1.807) is 11.8 Å². The van der Waals surface area contributed by atoms with Gasteiger partial charge in [0.2, 0.25) is 0 Å². The number of rotatable bonds is 4. The lowest BCUT2D eigenvalue weighted by Gasteiger charge is -2.32. The number of carbonyl (C=O) groups is 2. The average Bonchev–Trinajstić information content (AvgIpc) is 3.08. The minimum atomic E-state index is -0.398. The Balaban J connectivity index is 1.41. The zero-order valence-electron chi connectivity index (χ0n) is 17.3. The van der Waals surface area contributed by atoms with Crippen LogP contribution in [0.15, 0.2) is 48.5 Å². The standard InChI is InChI=1S/C23H21ClF2N4O2/c1-14-20(21(24)30(28-14)19-8-6-17(26)7-9-19)23(32)29-12-10-18(11-13-29)27-22(31)15-2-4-16(25)5-3-15/h2-9,18H,10-13H2,1H3,(H,27,31). The molecule has 1 saturated heterocycles. The van der Waals surface area contributed by atoms with E-state index >= 15 is 0 Å². The fraction of sp³-hybridized carbons (Fsp3) is 0.261. The van der Waals surface area contributed by atoms with Crippen molar-refractivity contribution in [1.82, 2.24) is 20.0 Å². The molecule has 4 rings (SSSR count). The zero-order valence-corrected chi connectivity index (χ0v) is 18.1. The second-order valence-electron chi connectivity index (χ2n) is 7.69. The van der Waals surface area contributed by atoms with Crippen LogP contribution in [0.25, 0.3) is 5.69 Å². The summed E-state index contributed by atoms with van der Waals surface area (Å²) in [5.74, 6) is -1.28. The first kappa shape index (κ1) is 22.0. The molecule has 32 heavy (non-hydrogen) atoms. The van der Waals surface area contributed by atoms with Gasteiger partial charge >= 0.3 is 0 Å². The third kappa shape index (κ3) is 4.50. The molecule has 1 N–H and O–H groups in total. The van der Waals surface area contributed by atoms with E-state index in [1.807, 2.05) is 0 Å². The summed E-state index contributed by atoms with van der Waals surface area (Å²) in [4.78, 5) is 27.2. The van der Waals surface area contributed by atoms with E-state index in [2.05, 4.69) is 10.4 Å². The molecule has 0 bridgehead atoms. The van der Waals surface area contributed by atoms with Crippen LogP contribution >= 0.6 is 11.6 Å². The van der Waals surface area contributed by atoms with Gasteiger partial charge in [0, 0.05) is 24.7 Å². The summed E-state index contributed by atoms with van der Waals surface area (Å²) in [6, 6.07) is 11.0. The predicted octanol–water partition coefficient (Wildman–Crippen LogP) is 4.15. The predicted molar refractivity (Wildman–Crippen MR) is 116 cm³/mol. The number of hydrogen-bond acceptors (Lipinski definition) is 3. The number of aromatic nitrogens is 2. The molecule has 0 unspecified atom stereocenters. The number of nitrogens with zero attached hydrogens (tertiary/aromatic N) is 3. The molecule has 0 spiro atoms. The Kier molecular flexibility index (Phi) is 6.23. The first-order valence-electron chi connectivity index (χ1n) is 10.2. The maximum Gasteiger partial charge on any atom is 0.258 e. The van der Waals surface area contributed by atoms with Gasteiger partial charge in [-0.3, -0.25) is 9.59 Å². The van der Waals surface area contributed by atoms with Gasteiger partial charge in [-0.25, -0.2) is 13.5 Å². The van der Waals surface area contributed by atoms with Crippen LogP contribution in [0, 0.1) is 18.6 Å². The van der Waals surface area contributed by atoms with Crippen molar-refractivity contribution in [2.75, 3.05) is 13.1 Å². The Morgan fingerprint density at radius 2 is 1.56 bits per heavy atom. The smallest absolute Gasteiger partial charge is 0.258 e. The summed E-state index contributed by atoms with van der Waals surface area (Å²) in [5, 5.41) is 7.46. The highest BCUT2D eigenvalue weighted by Gasteiger charge is 2.29. The summed E-state index contributed by atoms with van der Waals surface area (Å²) in [5.41, 5.74) is 1.74. The maximum atomic E-state index is 13.2. The summed E-state index contributed by atoms with van der Waals surface area (Å²) in [7, 11) is 0. The van der Waals surface area contributed by atoms with Crippen LogP contribution in [0.2, 0.25) is 5.15 Å². The Morgan fingerprint density at radius 1 is 1.00 bits per heavy atom. The summed E-state index contributed by atoms with van der Waals surface area (Å²) >= 11 is 6.47. The largest absolute Gasteiger partial charge is 0.349 e. The lowest BCUT2D eigenvalue weighted by molar-refractivity contribution is 0.0697. The van der Waals surface area contributed by atoms with E-state index in [0.717, 1.165) is 0 Å². The fourth-order valence-electron chi connectivity index (χ4n) is 3.75. The molecule has 2 aromatic carbocycles. The van der Waals surface area contributed by atoms with Crippen LogP contribution in [0.3, 0.4) is 0 Å². The molecule has 6 nitrogen and oxygen atoms in total. The van der Waals surface area contributed by atoms with Crippen LogP contribution in [-0.4, -0.2) is 45.6 Å². The molecule has 0 aliphatic carbocycles. The third-order valence-electron chi connectivity index (χ3n) is 5.51. The summed E-state index contributed by atoms with van der Waals surface area (Å²) in [6.07, 6.45) is 1.17. The van der Waals surface area contributed by atoms with Crippen LogP contribution in [0.1, 0.15) is 39.3 Å². The number of hydrogen-bond donors (Lipinski definition) is 1. The molecular weight excluding hydrogens is 438 g/mol. The van der Waals surface area contributed by atoms with Gasteiger partial charge < -0.3 is 10.2 Å². The van der Waals surface area contributed by atoms with Gasteiger partial charge in [0.1, 0.15) is 16.8 Å². The average molecular weight is 459 g/mol. The van der Waals surface area contributed by atoms with Crippen molar-refractivity contribution < 1.29 is 18.4 Å². The molecule has 1 aromatic heterocycles. The Labute approximate surface area is 188 Å².